The summed E-state index contributed by atoms with van der Waals surface area (Å²) >= 11 is 0. The average Bonchev–Trinajstić information content (AvgIpc) is 2.75. The highest BCUT2D eigenvalue weighted by Crippen LogP contribution is 2.48. The van der Waals surface area contributed by atoms with Gasteiger partial charge in [-0.25, -0.2) is 0 Å². The molecule has 3 nitrogen and oxygen atoms in total. The first-order valence-electron chi connectivity index (χ1n) is 9.05. The molecule has 1 aromatic heterocycles. The van der Waals surface area contributed by atoms with E-state index >= 15 is 0 Å². The minimum absolute atomic E-state index is 0.0489. The predicted octanol–water partition coefficient (Wildman–Crippen LogP) is 5.44. The molecule has 0 N–H and O–H groups in total. The number of nitriles is 1. The van der Waals surface area contributed by atoms with E-state index in [-0.39, 0.29) is 5.92 Å². The molecular formula is C24H20N2O. The van der Waals surface area contributed by atoms with Gasteiger partial charge in [0.2, 0.25) is 0 Å². The van der Waals surface area contributed by atoms with E-state index in [0.29, 0.717) is 17.8 Å². The minimum atomic E-state index is -0.527. The van der Waals surface area contributed by atoms with Crippen molar-refractivity contribution in [3.63, 3.8) is 0 Å². The Labute approximate surface area is 159 Å². The van der Waals surface area contributed by atoms with Crippen molar-refractivity contribution in [3.8, 4) is 6.07 Å². The summed E-state index contributed by atoms with van der Waals surface area (Å²) in [6.07, 6.45) is 4.25. The van der Waals surface area contributed by atoms with Gasteiger partial charge in [-0.3, -0.25) is 4.98 Å². The molecule has 1 aliphatic rings. The molecule has 2 aromatic carbocycles. The van der Waals surface area contributed by atoms with Crippen molar-refractivity contribution in [2.45, 2.75) is 24.9 Å². The minimum Gasteiger partial charge on any atom is -0.481 e. The van der Waals surface area contributed by atoms with E-state index in [2.05, 4.69) is 30.1 Å². The molecule has 3 heteroatoms. The Morgan fingerprint density at radius 3 is 2.22 bits per heavy atom. The number of allylic oxidation sites excluding steroid dienone is 1. The van der Waals surface area contributed by atoms with Gasteiger partial charge in [-0.05, 0) is 30.2 Å². The van der Waals surface area contributed by atoms with Gasteiger partial charge in [0.15, 0.2) is 0 Å². The van der Waals surface area contributed by atoms with Gasteiger partial charge >= 0.3 is 0 Å². The third-order valence-corrected chi connectivity index (χ3v) is 5.16. The second kappa shape index (κ2) is 7.09. The summed E-state index contributed by atoms with van der Waals surface area (Å²) in [7, 11) is 0. The molecule has 2 heterocycles. The molecule has 0 bridgehead atoms. The standard InChI is InChI=1S/C24H20N2O/c1-24(20-10-6-3-7-11-20)16-21(18-12-14-26-15-13-18)22(17-25)23(27-24)19-8-4-2-5-9-19/h2-15,21H,16H2,1H3/t21-,24-/m0/s1. The van der Waals surface area contributed by atoms with E-state index in [1.54, 1.807) is 12.4 Å². The maximum atomic E-state index is 9.99. The average molecular weight is 352 g/mol. The molecule has 0 saturated carbocycles. The summed E-state index contributed by atoms with van der Waals surface area (Å²) in [6.45, 7) is 2.10. The summed E-state index contributed by atoms with van der Waals surface area (Å²) < 4.78 is 6.54. The maximum absolute atomic E-state index is 9.99. The van der Waals surface area contributed by atoms with Gasteiger partial charge in [-0.15, -0.1) is 0 Å². The lowest BCUT2D eigenvalue weighted by Crippen LogP contribution is -2.33. The molecule has 132 valence electrons. The third kappa shape index (κ3) is 3.22. The van der Waals surface area contributed by atoms with Crippen LogP contribution in [0.1, 0.15) is 36.0 Å². The summed E-state index contributed by atoms with van der Waals surface area (Å²) in [5.41, 5.74) is 3.26. The molecule has 0 radical (unpaired) electrons. The van der Waals surface area contributed by atoms with Crippen molar-refractivity contribution >= 4 is 5.76 Å². The lowest BCUT2D eigenvalue weighted by Gasteiger charge is -2.40. The highest BCUT2D eigenvalue weighted by molar-refractivity contribution is 5.70. The first-order chi connectivity index (χ1) is 13.2. The van der Waals surface area contributed by atoms with Crippen LogP contribution in [0, 0.1) is 11.3 Å². The quantitative estimate of drug-likeness (QED) is 0.631. The molecular weight excluding hydrogens is 332 g/mol. The number of nitrogens with zero attached hydrogens (tertiary/aromatic N) is 2. The van der Waals surface area contributed by atoms with Crippen LogP contribution >= 0.6 is 0 Å². The number of pyridine rings is 1. The van der Waals surface area contributed by atoms with Gasteiger partial charge < -0.3 is 4.74 Å². The van der Waals surface area contributed by atoms with E-state index in [1.165, 1.54) is 0 Å². The Bertz CT molecular complexity index is 991. The topological polar surface area (TPSA) is 45.9 Å². The fourth-order valence-electron chi connectivity index (χ4n) is 3.75. The molecule has 0 spiro atoms. The van der Waals surface area contributed by atoms with Gasteiger partial charge in [0.25, 0.3) is 0 Å². The normalized spacial score (nSPS) is 22.0. The van der Waals surface area contributed by atoms with Gasteiger partial charge in [0.05, 0.1) is 11.6 Å². The number of hydrogen-bond donors (Lipinski definition) is 0. The Morgan fingerprint density at radius 2 is 1.59 bits per heavy atom. The molecule has 0 unspecified atom stereocenters. The van der Waals surface area contributed by atoms with Crippen molar-refractivity contribution in [2.75, 3.05) is 0 Å². The number of rotatable bonds is 3. The Morgan fingerprint density at radius 1 is 0.963 bits per heavy atom. The van der Waals surface area contributed by atoms with Crippen molar-refractivity contribution in [3.05, 3.63) is 107 Å². The molecule has 0 fully saturated rings. The van der Waals surface area contributed by atoms with E-state index in [1.807, 2.05) is 60.7 Å². The van der Waals surface area contributed by atoms with Crippen LogP contribution in [0.25, 0.3) is 5.76 Å². The lowest BCUT2D eigenvalue weighted by atomic mass is 9.76. The fourth-order valence-corrected chi connectivity index (χ4v) is 3.75. The van der Waals surface area contributed by atoms with Crippen LogP contribution in [0.5, 0.6) is 0 Å². The molecule has 4 rings (SSSR count). The predicted molar refractivity (Wildman–Crippen MR) is 105 cm³/mol. The van der Waals surface area contributed by atoms with Crippen LogP contribution in [0.3, 0.4) is 0 Å². The Balaban J connectivity index is 1.90. The zero-order valence-electron chi connectivity index (χ0n) is 15.2. The Hall–Kier alpha value is -3.38. The fraction of sp³-hybridized carbons (Fsp3) is 0.167. The van der Waals surface area contributed by atoms with Crippen molar-refractivity contribution in [2.24, 2.45) is 0 Å². The second-order valence-corrected chi connectivity index (χ2v) is 6.96. The number of benzene rings is 2. The van der Waals surface area contributed by atoms with Crippen LogP contribution in [0.4, 0.5) is 0 Å². The Kier molecular flexibility index (Phi) is 4.48. The van der Waals surface area contributed by atoms with E-state index < -0.39 is 5.60 Å². The summed E-state index contributed by atoms with van der Waals surface area (Å²) in [5, 5.41) is 9.99. The molecule has 2 atom stereocenters. The lowest BCUT2D eigenvalue weighted by molar-refractivity contribution is 0.0290. The molecule has 0 amide bonds. The van der Waals surface area contributed by atoms with Crippen molar-refractivity contribution in [1.82, 2.24) is 4.98 Å². The first kappa shape index (κ1) is 17.1. The van der Waals surface area contributed by atoms with Gasteiger partial charge in [-0.1, -0.05) is 60.7 Å². The van der Waals surface area contributed by atoms with Crippen LogP contribution in [0.15, 0.2) is 90.8 Å². The third-order valence-electron chi connectivity index (χ3n) is 5.16. The van der Waals surface area contributed by atoms with Crippen molar-refractivity contribution < 1.29 is 4.74 Å². The molecule has 3 aromatic rings. The number of ether oxygens (including phenoxy) is 1. The zero-order chi connectivity index (χ0) is 18.7. The number of hydrogen-bond acceptors (Lipinski definition) is 3. The summed E-state index contributed by atoms with van der Waals surface area (Å²) in [4.78, 5) is 4.13. The van der Waals surface area contributed by atoms with Crippen LogP contribution < -0.4 is 0 Å². The van der Waals surface area contributed by atoms with Gasteiger partial charge in [0, 0.05) is 30.3 Å². The summed E-state index contributed by atoms with van der Waals surface area (Å²) in [5.74, 6) is 0.615. The SMILES string of the molecule is C[C@@]1(c2ccccc2)C[C@@H](c2ccncc2)C(C#N)=C(c2ccccc2)O1. The van der Waals surface area contributed by atoms with Crippen LogP contribution in [-0.4, -0.2) is 4.98 Å². The van der Waals surface area contributed by atoms with Crippen molar-refractivity contribution in [1.29, 1.82) is 5.26 Å². The smallest absolute Gasteiger partial charge is 0.142 e. The highest BCUT2D eigenvalue weighted by atomic mass is 16.5. The molecule has 0 saturated heterocycles. The van der Waals surface area contributed by atoms with E-state index in [4.69, 9.17) is 4.74 Å². The highest BCUT2D eigenvalue weighted by Gasteiger charge is 2.41. The maximum Gasteiger partial charge on any atom is 0.142 e. The van der Waals surface area contributed by atoms with Gasteiger partial charge in [-0.2, -0.15) is 5.26 Å². The largest absolute Gasteiger partial charge is 0.481 e. The molecule has 27 heavy (non-hydrogen) atoms. The van der Waals surface area contributed by atoms with Crippen LogP contribution in [-0.2, 0) is 10.3 Å². The van der Waals surface area contributed by atoms with E-state index in [9.17, 15) is 5.26 Å². The summed E-state index contributed by atoms with van der Waals surface area (Å²) in [6, 6.07) is 26.5. The monoisotopic (exact) mass is 352 g/mol. The molecule has 0 aliphatic carbocycles. The molecule has 1 aliphatic heterocycles. The van der Waals surface area contributed by atoms with Crippen LogP contribution in [0.2, 0.25) is 0 Å². The second-order valence-electron chi connectivity index (χ2n) is 6.96. The van der Waals surface area contributed by atoms with Gasteiger partial charge in [0.1, 0.15) is 11.4 Å². The number of aromatic nitrogens is 1. The van der Waals surface area contributed by atoms with E-state index in [0.717, 1.165) is 16.7 Å². The zero-order valence-corrected chi connectivity index (χ0v) is 15.2. The first-order valence-corrected chi connectivity index (χ1v) is 9.05.